The Hall–Kier alpha value is -0.410. The van der Waals surface area contributed by atoms with Crippen LogP contribution in [0.25, 0.3) is 0 Å². The monoisotopic (exact) mass is 313 g/mol. The van der Waals surface area contributed by atoms with Gasteiger partial charge >= 0.3 is 0 Å². The highest BCUT2D eigenvalue weighted by molar-refractivity contribution is 9.09. The SMILES string of the molecule is Cc1cc(F)ccc1CN(CCBr)C1CCCC1. The van der Waals surface area contributed by atoms with Crippen LogP contribution in [0.1, 0.15) is 36.8 Å². The fourth-order valence-electron chi connectivity index (χ4n) is 2.82. The number of rotatable bonds is 5. The average Bonchev–Trinajstić information content (AvgIpc) is 2.85. The van der Waals surface area contributed by atoms with E-state index in [1.54, 1.807) is 12.1 Å². The zero-order valence-corrected chi connectivity index (χ0v) is 12.5. The number of halogens is 2. The van der Waals surface area contributed by atoms with Gasteiger partial charge in [-0.25, -0.2) is 4.39 Å². The number of hydrogen-bond acceptors (Lipinski definition) is 1. The van der Waals surface area contributed by atoms with Crippen molar-refractivity contribution in [3.05, 3.63) is 35.1 Å². The molecule has 1 aliphatic carbocycles. The Morgan fingerprint density at radius 1 is 1.33 bits per heavy atom. The van der Waals surface area contributed by atoms with E-state index in [4.69, 9.17) is 0 Å². The molecule has 1 saturated carbocycles. The van der Waals surface area contributed by atoms with E-state index in [0.29, 0.717) is 6.04 Å². The quantitative estimate of drug-likeness (QED) is 0.734. The maximum atomic E-state index is 13.1. The van der Waals surface area contributed by atoms with E-state index in [-0.39, 0.29) is 5.82 Å². The summed E-state index contributed by atoms with van der Waals surface area (Å²) in [5.74, 6) is -0.135. The first-order valence-corrected chi connectivity index (χ1v) is 7.88. The van der Waals surface area contributed by atoms with Gasteiger partial charge in [0.05, 0.1) is 0 Å². The highest BCUT2D eigenvalue weighted by Crippen LogP contribution is 2.25. The average molecular weight is 314 g/mol. The highest BCUT2D eigenvalue weighted by Gasteiger charge is 2.22. The van der Waals surface area contributed by atoms with Crippen LogP contribution in [0.15, 0.2) is 18.2 Å². The molecule has 0 amide bonds. The smallest absolute Gasteiger partial charge is 0.123 e. The molecule has 0 aromatic heterocycles. The summed E-state index contributed by atoms with van der Waals surface area (Å²) >= 11 is 3.54. The minimum absolute atomic E-state index is 0.135. The van der Waals surface area contributed by atoms with Crippen LogP contribution in [-0.2, 0) is 6.54 Å². The lowest BCUT2D eigenvalue weighted by atomic mass is 10.1. The van der Waals surface area contributed by atoms with E-state index >= 15 is 0 Å². The molecule has 1 fully saturated rings. The van der Waals surface area contributed by atoms with Gasteiger partial charge in [0.1, 0.15) is 5.82 Å². The van der Waals surface area contributed by atoms with Crippen molar-refractivity contribution < 1.29 is 4.39 Å². The van der Waals surface area contributed by atoms with Crippen molar-refractivity contribution in [2.24, 2.45) is 0 Å². The summed E-state index contributed by atoms with van der Waals surface area (Å²) in [5, 5.41) is 1.00. The number of hydrogen-bond donors (Lipinski definition) is 0. The molecule has 1 aromatic rings. The first-order valence-electron chi connectivity index (χ1n) is 6.75. The fraction of sp³-hybridized carbons (Fsp3) is 0.600. The lowest BCUT2D eigenvalue weighted by Crippen LogP contribution is -2.34. The molecule has 0 saturated heterocycles. The van der Waals surface area contributed by atoms with E-state index in [2.05, 4.69) is 20.8 Å². The van der Waals surface area contributed by atoms with Crippen molar-refractivity contribution in [3.8, 4) is 0 Å². The lowest BCUT2D eigenvalue weighted by Gasteiger charge is -2.28. The molecule has 0 bridgehead atoms. The van der Waals surface area contributed by atoms with Crippen LogP contribution in [0.3, 0.4) is 0 Å². The predicted molar refractivity (Wildman–Crippen MR) is 77.6 cm³/mol. The highest BCUT2D eigenvalue weighted by atomic mass is 79.9. The van der Waals surface area contributed by atoms with Crippen LogP contribution >= 0.6 is 15.9 Å². The van der Waals surface area contributed by atoms with Crippen molar-refractivity contribution in [2.75, 3.05) is 11.9 Å². The molecule has 1 nitrogen and oxygen atoms in total. The number of aryl methyl sites for hydroxylation is 1. The maximum Gasteiger partial charge on any atom is 0.123 e. The fourth-order valence-corrected chi connectivity index (χ4v) is 3.28. The molecule has 2 rings (SSSR count). The van der Waals surface area contributed by atoms with Crippen LogP contribution in [0.4, 0.5) is 4.39 Å². The van der Waals surface area contributed by atoms with Gasteiger partial charge in [-0.1, -0.05) is 34.8 Å². The molecule has 0 radical (unpaired) electrons. The molecule has 18 heavy (non-hydrogen) atoms. The zero-order chi connectivity index (χ0) is 13.0. The molecule has 0 unspecified atom stereocenters. The minimum Gasteiger partial charge on any atom is -0.295 e. The molecule has 100 valence electrons. The van der Waals surface area contributed by atoms with E-state index < -0.39 is 0 Å². The summed E-state index contributed by atoms with van der Waals surface area (Å²) in [4.78, 5) is 2.54. The lowest BCUT2D eigenvalue weighted by molar-refractivity contribution is 0.202. The summed E-state index contributed by atoms with van der Waals surface area (Å²) in [7, 11) is 0. The Labute approximate surface area is 118 Å². The second kappa shape index (κ2) is 6.67. The number of nitrogens with zero attached hydrogens (tertiary/aromatic N) is 1. The molecule has 0 heterocycles. The third-order valence-electron chi connectivity index (χ3n) is 3.89. The second-order valence-corrected chi connectivity index (χ2v) is 5.96. The van der Waals surface area contributed by atoms with Gasteiger partial charge in [-0.15, -0.1) is 0 Å². The molecule has 0 N–H and O–H groups in total. The molecule has 3 heteroatoms. The summed E-state index contributed by atoms with van der Waals surface area (Å²) in [6.45, 7) is 4.02. The van der Waals surface area contributed by atoms with Gasteiger partial charge in [0.2, 0.25) is 0 Å². The maximum absolute atomic E-state index is 13.1. The zero-order valence-electron chi connectivity index (χ0n) is 11.0. The van der Waals surface area contributed by atoms with Crippen molar-refractivity contribution >= 4 is 15.9 Å². The van der Waals surface area contributed by atoms with Crippen LogP contribution in [-0.4, -0.2) is 22.8 Å². The van der Waals surface area contributed by atoms with E-state index in [0.717, 1.165) is 24.0 Å². The first kappa shape index (κ1) is 14.0. The Morgan fingerprint density at radius 2 is 2.06 bits per heavy atom. The number of benzene rings is 1. The normalized spacial score (nSPS) is 16.7. The third kappa shape index (κ3) is 3.55. The van der Waals surface area contributed by atoms with Gasteiger partial charge in [-0.2, -0.15) is 0 Å². The summed E-state index contributed by atoms with van der Waals surface area (Å²) < 4.78 is 13.1. The summed E-state index contributed by atoms with van der Waals surface area (Å²) in [6, 6.07) is 5.85. The first-order chi connectivity index (χ1) is 8.70. The van der Waals surface area contributed by atoms with Gasteiger partial charge < -0.3 is 0 Å². The Morgan fingerprint density at radius 3 is 2.67 bits per heavy atom. The topological polar surface area (TPSA) is 3.24 Å². The minimum atomic E-state index is -0.135. The van der Waals surface area contributed by atoms with Crippen LogP contribution in [0.2, 0.25) is 0 Å². The van der Waals surface area contributed by atoms with Gasteiger partial charge in [0.15, 0.2) is 0 Å². The molecule has 0 aliphatic heterocycles. The van der Waals surface area contributed by atoms with Gasteiger partial charge in [-0.05, 0) is 43.0 Å². The van der Waals surface area contributed by atoms with Crippen LogP contribution < -0.4 is 0 Å². The molecular weight excluding hydrogens is 293 g/mol. The van der Waals surface area contributed by atoms with Crippen LogP contribution in [0.5, 0.6) is 0 Å². The Balaban J connectivity index is 2.07. The predicted octanol–water partition coefficient (Wildman–Crippen LogP) is 4.27. The van der Waals surface area contributed by atoms with Crippen molar-refractivity contribution in [2.45, 2.75) is 45.2 Å². The van der Waals surface area contributed by atoms with Crippen molar-refractivity contribution in [1.82, 2.24) is 4.90 Å². The van der Waals surface area contributed by atoms with Gasteiger partial charge in [-0.3, -0.25) is 4.90 Å². The third-order valence-corrected chi connectivity index (χ3v) is 4.25. The van der Waals surface area contributed by atoms with E-state index in [9.17, 15) is 4.39 Å². The van der Waals surface area contributed by atoms with Gasteiger partial charge in [0.25, 0.3) is 0 Å². The largest absolute Gasteiger partial charge is 0.295 e. The standard InChI is InChI=1S/C15H21BrFN/c1-12-10-14(17)7-6-13(12)11-18(9-8-16)15-4-2-3-5-15/h6-7,10,15H,2-5,8-9,11H2,1H3. The van der Waals surface area contributed by atoms with Crippen molar-refractivity contribution in [3.63, 3.8) is 0 Å². The molecular formula is C15H21BrFN. The van der Waals surface area contributed by atoms with E-state index in [1.165, 1.54) is 31.2 Å². The molecule has 1 aromatic carbocycles. The van der Waals surface area contributed by atoms with E-state index in [1.807, 2.05) is 13.0 Å². The molecule has 0 spiro atoms. The second-order valence-electron chi connectivity index (χ2n) is 5.17. The number of alkyl halides is 1. The summed E-state index contributed by atoms with van der Waals surface area (Å²) in [5.41, 5.74) is 2.32. The molecule has 1 aliphatic rings. The van der Waals surface area contributed by atoms with Gasteiger partial charge in [0, 0.05) is 24.5 Å². The Kier molecular flexibility index (Phi) is 5.19. The Bertz CT molecular complexity index is 388. The van der Waals surface area contributed by atoms with Crippen LogP contribution in [0, 0.1) is 12.7 Å². The van der Waals surface area contributed by atoms with Crippen molar-refractivity contribution in [1.29, 1.82) is 0 Å². The summed E-state index contributed by atoms with van der Waals surface area (Å²) in [6.07, 6.45) is 5.33. The molecule has 0 atom stereocenters.